The van der Waals surface area contributed by atoms with Gasteiger partial charge >= 0.3 is 5.97 Å². The van der Waals surface area contributed by atoms with Gasteiger partial charge in [-0.2, -0.15) is 0 Å². The number of nitrogens with zero attached hydrogens (tertiary/aromatic N) is 1. The molecule has 2 unspecified atom stereocenters. The highest BCUT2D eigenvalue weighted by atomic mass is 16.5. The van der Waals surface area contributed by atoms with Crippen molar-refractivity contribution in [1.29, 1.82) is 0 Å². The molecule has 2 aliphatic rings. The molecule has 19 heavy (non-hydrogen) atoms. The molecule has 2 amide bonds. The molecule has 2 aliphatic heterocycles. The van der Waals surface area contributed by atoms with Gasteiger partial charge in [-0.05, 0) is 6.42 Å². The number of ether oxygens (including phenoxy) is 1. The van der Waals surface area contributed by atoms with Gasteiger partial charge in [0.25, 0.3) is 0 Å². The van der Waals surface area contributed by atoms with Crippen LogP contribution in [0, 0.1) is 5.92 Å². The number of carbonyl (C=O) groups is 3. The van der Waals surface area contributed by atoms with Crippen LogP contribution in [0.25, 0.3) is 0 Å². The Morgan fingerprint density at radius 3 is 2.89 bits per heavy atom. The molecule has 0 radical (unpaired) electrons. The molecule has 7 nitrogen and oxygen atoms in total. The molecule has 0 aliphatic carbocycles. The fourth-order valence-electron chi connectivity index (χ4n) is 2.44. The second-order valence-electron chi connectivity index (χ2n) is 4.91. The van der Waals surface area contributed by atoms with E-state index in [1.807, 2.05) is 0 Å². The minimum atomic E-state index is -0.927. The molecule has 106 valence electrons. The molecule has 2 atom stereocenters. The van der Waals surface area contributed by atoms with Gasteiger partial charge in [0.15, 0.2) is 0 Å². The molecular weight excluding hydrogens is 252 g/mol. The van der Waals surface area contributed by atoms with E-state index in [1.54, 1.807) is 4.90 Å². The van der Waals surface area contributed by atoms with E-state index in [0.29, 0.717) is 39.1 Å². The molecule has 7 heteroatoms. The van der Waals surface area contributed by atoms with E-state index in [9.17, 15) is 14.4 Å². The third-order valence-electron chi connectivity index (χ3n) is 3.47. The standard InChI is InChI=1S/C12H18N2O5/c15-10-2-1-8(6-13-10)12(18)14-3-4-19-9(7-14)5-11(16)17/h8-9H,1-7H2,(H,13,15)(H,16,17). The number of hydrogen-bond acceptors (Lipinski definition) is 4. The van der Waals surface area contributed by atoms with E-state index in [4.69, 9.17) is 9.84 Å². The molecule has 0 aromatic rings. The predicted octanol–water partition coefficient (Wildman–Crippen LogP) is -0.785. The lowest BCUT2D eigenvalue weighted by Gasteiger charge is -2.35. The topological polar surface area (TPSA) is 95.9 Å². The number of aliphatic carboxylic acids is 1. The zero-order valence-corrected chi connectivity index (χ0v) is 10.6. The van der Waals surface area contributed by atoms with Crippen molar-refractivity contribution in [3.05, 3.63) is 0 Å². The van der Waals surface area contributed by atoms with Crippen molar-refractivity contribution in [2.75, 3.05) is 26.2 Å². The van der Waals surface area contributed by atoms with Crippen LogP contribution < -0.4 is 5.32 Å². The quantitative estimate of drug-likeness (QED) is 0.701. The Morgan fingerprint density at radius 2 is 2.26 bits per heavy atom. The summed E-state index contributed by atoms with van der Waals surface area (Å²) in [5.74, 6) is -1.15. The highest BCUT2D eigenvalue weighted by Gasteiger charge is 2.32. The smallest absolute Gasteiger partial charge is 0.306 e. The van der Waals surface area contributed by atoms with Gasteiger partial charge in [-0.3, -0.25) is 14.4 Å². The number of carboxylic acid groups (broad SMARTS) is 1. The van der Waals surface area contributed by atoms with Gasteiger partial charge < -0.3 is 20.1 Å². The van der Waals surface area contributed by atoms with Crippen LogP contribution in [0.2, 0.25) is 0 Å². The summed E-state index contributed by atoms with van der Waals surface area (Å²) in [7, 11) is 0. The molecule has 2 N–H and O–H groups in total. The van der Waals surface area contributed by atoms with Crippen LogP contribution in [0.4, 0.5) is 0 Å². The zero-order valence-electron chi connectivity index (χ0n) is 10.6. The summed E-state index contributed by atoms with van der Waals surface area (Å²) >= 11 is 0. The second kappa shape index (κ2) is 6.01. The number of rotatable bonds is 3. The first-order valence-electron chi connectivity index (χ1n) is 6.45. The summed E-state index contributed by atoms with van der Waals surface area (Å²) in [6.07, 6.45) is 0.407. The number of hydrogen-bond donors (Lipinski definition) is 2. The van der Waals surface area contributed by atoms with Gasteiger partial charge in [-0.1, -0.05) is 0 Å². The number of nitrogens with one attached hydrogen (secondary N) is 1. The summed E-state index contributed by atoms with van der Waals surface area (Å²) in [4.78, 5) is 35.6. The maximum Gasteiger partial charge on any atom is 0.306 e. The first-order chi connectivity index (χ1) is 9.06. The Kier molecular flexibility index (Phi) is 4.36. The van der Waals surface area contributed by atoms with Crippen LogP contribution in [-0.2, 0) is 19.1 Å². The molecule has 0 spiro atoms. The van der Waals surface area contributed by atoms with Crippen molar-refractivity contribution in [3.8, 4) is 0 Å². The van der Waals surface area contributed by atoms with Crippen LogP contribution in [-0.4, -0.2) is 60.1 Å². The van der Waals surface area contributed by atoms with Crippen LogP contribution in [0.1, 0.15) is 19.3 Å². The molecule has 0 bridgehead atoms. The molecule has 2 saturated heterocycles. The van der Waals surface area contributed by atoms with Crippen molar-refractivity contribution < 1.29 is 24.2 Å². The van der Waals surface area contributed by atoms with E-state index in [1.165, 1.54) is 0 Å². The third-order valence-corrected chi connectivity index (χ3v) is 3.47. The average Bonchev–Trinajstić information content (AvgIpc) is 2.38. The SMILES string of the molecule is O=C(O)CC1CN(C(=O)C2CCC(=O)NC2)CCO1. The Morgan fingerprint density at radius 1 is 1.47 bits per heavy atom. The summed E-state index contributed by atoms with van der Waals surface area (Å²) in [6.45, 7) is 1.54. The fourth-order valence-corrected chi connectivity index (χ4v) is 2.44. The zero-order chi connectivity index (χ0) is 13.8. The van der Waals surface area contributed by atoms with Crippen LogP contribution in [0.5, 0.6) is 0 Å². The van der Waals surface area contributed by atoms with Gasteiger partial charge in [-0.25, -0.2) is 0 Å². The van der Waals surface area contributed by atoms with Gasteiger partial charge in [0.05, 0.1) is 25.0 Å². The summed E-state index contributed by atoms with van der Waals surface area (Å²) < 4.78 is 5.33. The lowest BCUT2D eigenvalue weighted by Crippen LogP contribution is -2.51. The fraction of sp³-hybridized carbons (Fsp3) is 0.750. The number of amides is 2. The molecular formula is C12H18N2O5. The summed E-state index contributed by atoms with van der Waals surface area (Å²) in [5.41, 5.74) is 0. The molecule has 2 fully saturated rings. The van der Waals surface area contributed by atoms with Crippen LogP contribution in [0.15, 0.2) is 0 Å². The highest BCUT2D eigenvalue weighted by Crippen LogP contribution is 2.17. The van der Waals surface area contributed by atoms with Crippen molar-refractivity contribution in [2.45, 2.75) is 25.4 Å². The van der Waals surface area contributed by atoms with Gasteiger partial charge in [0.1, 0.15) is 0 Å². The van der Waals surface area contributed by atoms with E-state index in [-0.39, 0.29) is 24.2 Å². The normalized spacial score (nSPS) is 27.8. The molecule has 0 aromatic carbocycles. The van der Waals surface area contributed by atoms with E-state index in [2.05, 4.69) is 5.32 Å². The Labute approximate surface area is 110 Å². The van der Waals surface area contributed by atoms with Crippen molar-refractivity contribution in [3.63, 3.8) is 0 Å². The van der Waals surface area contributed by atoms with E-state index < -0.39 is 12.1 Å². The number of piperidine rings is 1. The highest BCUT2D eigenvalue weighted by molar-refractivity contribution is 5.83. The first-order valence-corrected chi connectivity index (χ1v) is 6.45. The van der Waals surface area contributed by atoms with Gasteiger partial charge in [0, 0.05) is 26.1 Å². The maximum atomic E-state index is 12.3. The summed E-state index contributed by atoms with van der Waals surface area (Å²) in [5, 5.41) is 11.4. The molecule has 0 saturated carbocycles. The van der Waals surface area contributed by atoms with Gasteiger partial charge in [0.2, 0.25) is 11.8 Å². The Bertz CT molecular complexity index is 374. The summed E-state index contributed by atoms with van der Waals surface area (Å²) in [6, 6.07) is 0. The van der Waals surface area contributed by atoms with E-state index >= 15 is 0 Å². The minimum absolute atomic E-state index is 0.0151. The third kappa shape index (κ3) is 3.66. The minimum Gasteiger partial charge on any atom is -0.481 e. The lowest BCUT2D eigenvalue weighted by molar-refractivity contribution is -0.150. The monoisotopic (exact) mass is 270 g/mol. The Balaban J connectivity index is 1.88. The average molecular weight is 270 g/mol. The molecule has 2 heterocycles. The van der Waals surface area contributed by atoms with Crippen molar-refractivity contribution in [2.24, 2.45) is 5.92 Å². The Hall–Kier alpha value is -1.63. The largest absolute Gasteiger partial charge is 0.481 e. The lowest BCUT2D eigenvalue weighted by atomic mass is 9.97. The van der Waals surface area contributed by atoms with Crippen LogP contribution in [0.3, 0.4) is 0 Å². The number of carbonyl (C=O) groups excluding carboxylic acids is 2. The molecule has 0 aromatic heterocycles. The van der Waals surface area contributed by atoms with Gasteiger partial charge in [-0.15, -0.1) is 0 Å². The number of morpholine rings is 1. The van der Waals surface area contributed by atoms with E-state index in [0.717, 1.165) is 0 Å². The van der Waals surface area contributed by atoms with Crippen molar-refractivity contribution >= 4 is 17.8 Å². The first kappa shape index (κ1) is 13.8. The predicted molar refractivity (Wildman–Crippen MR) is 64.3 cm³/mol. The number of carboxylic acids is 1. The van der Waals surface area contributed by atoms with Crippen LogP contribution >= 0.6 is 0 Å². The van der Waals surface area contributed by atoms with Crippen molar-refractivity contribution in [1.82, 2.24) is 10.2 Å². The second-order valence-corrected chi connectivity index (χ2v) is 4.91. The maximum absolute atomic E-state index is 12.3. The molecule has 2 rings (SSSR count).